The summed E-state index contributed by atoms with van der Waals surface area (Å²) in [7, 11) is -7.13. The number of ether oxygens (including phenoxy) is 2. The molecule has 1 unspecified atom stereocenters. The number of carbonyl (C=O) groups is 2. The lowest BCUT2D eigenvalue weighted by Crippen LogP contribution is -2.44. The second-order valence-electron chi connectivity index (χ2n) is 14.7. The number of amides is 2. The van der Waals surface area contributed by atoms with Crippen LogP contribution in [0, 0.1) is 23.5 Å². The van der Waals surface area contributed by atoms with E-state index in [0.29, 0.717) is 51.9 Å². The van der Waals surface area contributed by atoms with E-state index in [4.69, 9.17) is 9.47 Å². The van der Waals surface area contributed by atoms with Gasteiger partial charge in [-0.1, -0.05) is 12.1 Å². The molecule has 0 aromatic heterocycles. The normalized spacial score (nSPS) is 17.5. The summed E-state index contributed by atoms with van der Waals surface area (Å²) in [5.41, 5.74) is -1.10. The number of carbonyl (C=O) groups excluding carboxylic acids is 2. The zero-order valence-electron chi connectivity index (χ0n) is 29.4. The number of rotatable bonds is 6. The zero-order valence-corrected chi connectivity index (χ0v) is 31.1. The molecule has 274 valence electrons. The molecule has 0 bridgehead atoms. The molecule has 0 aliphatic carbocycles. The molecule has 0 N–H and O–H groups in total. The Morgan fingerprint density at radius 2 is 1.14 bits per heavy atom. The van der Waals surface area contributed by atoms with Crippen LogP contribution in [0.4, 0.5) is 18.4 Å². The Morgan fingerprint density at radius 1 is 0.735 bits per heavy atom. The average Bonchev–Trinajstić information content (AvgIpc) is 2.99. The van der Waals surface area contributed by atoms with Gasteiger partial charge < -0.3 is 19.3 Å². The third-order valence-corrected chi connectivity index (χ3v) is 12.5. The van der Waals surface area contributed by atoms with Crippen LogP contribution in [0.25, 0.3) is 0 Å². The molecule has 2 amide bonds. The van der Waals surface area contributed by atoms with Gasteiger partial charge in [-0.15, -0.1) is 0 Å². The highest BCUT2D eigenvalue weighted by Crippen LogP contribution is 2.30. The number of benzene rings is 2. The van der Waals surface area contributed by atoms with E-state index in [-0.39, 0.29) is 39.6 Å². The van der Waals surface area contributed by atoms with Crippen molar-refractivity contribution < 1.29 is 44.7 Å². The number of sulfone groups is 2. The molecule has 2 heterocycles. The SMILES string of the molecule is CC(C)(C)OC(=O)N1CCC(CS(=O)(=O)c2cccc(F)c2)CC1.CC(C1CCN(C(=O)OC(C)(C)C)CC1)S(=O)(=O)c1cccc(F)c1. The van der Waals surface area contributed by atoms with E-state index in [1.807, 2.05) is 41.5 Å². The molecule has 0 spiro atoms. The molecular weight excluding hydrogens is 679 g/mol. The van der Waals surface area contributed by atoms with Gasteiger partial charge in [-0.05, 0) is 122 Å². The molecular formula is C35H50F2N2O8S2. The lowest BCUT2D eigenvalue weighted by Gasteiger charge is -2.35. The van der Waals surface area contributed by atoms with Crippen molar-refractivity contribution in [1.82, 2.24) is 9.80 Å². The van der Waals surface area contributed by atoms with E-state index in [9.17, 15) is 35.2 Å². The molecule has 1 atom stereocenters. The van der Waals surface area contributed by atoms with Crippen molar-refractivity contribution in [2.45, 2.75) is 100 Å². The van der Waals surface area contributed by atoms with Gasteiger partial charge in [0.2, 0.25) is 0 Å². The standard InChI is InChI=1S/C18H26FNO4S.C17H24FNO4S/c1-13(25(22,23)16-7-5-6-15(19)12-16)14-8-10-20(11-9-14)17(21)24-18(2,3)4;1-17(2,3)23-16(20)19-9-7-13(8-10-19)12-24(21,22)15-6-4-5-14(18)11-15/h5-7,12-14H,8-11H2,1-4H3;4-6,11,13H,7-10,12H2,1-3H3. The Hall–Kier alpha value is -3.26. The maximum atomic E-state index is 13.4. The van der Waals surface area contributed by atoms with Crippen LogP contribution in [0.1, 0.15) is 74.1 Å². The summed E-state index contributed by atoms with van der Waals surface area (Å²) in [6.07, 6.45) is 1.60. The van der Waals surface area contributed by atoms with Crippen LogP contribution in [-0.4, -0.2) is 87.2 Å². The molecule has 14 heteroatoms. The lowest BCUT2D eigenvalue weighted by atomic mass is 9.94. The number of nitrogens with zero attached hydrogens (tertiary/aromatic N) is 2. The molecule has 2 aliphatic rings. The first-order chi connectivity index (χ1) is 22.6. The predicted molar refractivity (Wildman–Crippen MR) is 183 cm³/mol. The van der Waals surface area contributed by atoms with Gasteiger partial charge in [-0.25, -0.2) is 35.2 Å². The number of likely N-dealkylation sites (tertiary alicyclic amines) is 2. The molecule has 2 fully saturated rings. The van der Waals surface area contributed by atoms with Crippen molar-refractivity contribution in [2.75, 3.05) is 31.9 Å². The second kappa shape index (κ2) is 16.2. The van der Waals surface area contributed by atoms with Gasteiger partial charge in [0.1, 0.15) is 22.8 Å². The summed E-state index contributed by atoms with van der Waals surface area (Å²) in [4.78, 5) is 27.3. The molecule has 49 heavy (non-hydrogen) atoms. The van der Waals surface area contributed by atoms with Crippen LogP contribution >= 0.6 is 0 Å². The number of hydrogen-bond donors (Lipinski definition) is 0. The minimum absolute atomic E-state index is 0.00886. The molecule has 10 nitrogen and oxygen atoms in total. The minimum Gasteiger partial charge on any atom is -0.444 e. The Morgan fingerprint density at radius 3 is 1.57 bits per heavy atom. The minimum atomic E-state index is -3.60. The van der Waals surface area contributed by atoms with Crippen LogP contribution in [0.2, 0.25) is 0 Å². The smallest absolute Gasteiger partial charge is 0.410 e. The van der Waals surface area contributed by atoms with Crippen LogP contribution < -0.4 is 0 Å². The number of halogens is 2. The molecule has 4 rings (SSSR count). The van der Waals surface area contributed by atoms with E-state index in [1.54, 1.807) is 16.7 Å². The molecule has 0 radical (unpaired) electrons. The van der Waals surface area contributed by atoms with E-state index in [1.165, 1.54) is 36.4 Å². The van der Waals surface area contributed by atoms with E-state index in [2.05, 4.69) is 0 Å². The third-order valence-electron chi connectivity index (χ3n) is 8.35. The fraction of sp³-hybridized carbons (Fsp3) is 0.600. The van der Waals surface area contributed by atoms with Gasteiger partial charge >= 0.3 is 12.2 Å². The van der Waals surface area contributed by atoms with Crippen molar-refractivity contribution >= 4 is 31.9 Å². The molecule has 0 saturated carbocycles. The van der Waals surface area contributed by atoms with E-state index in [0.717, 1.165) is 12.1 Å². The predicted octanol–water partition coefficient (Wildman–Crippen LogP) is 6.88. The fourth-order valence-corrected chi connectivity index (χ4v) is 9.14. The summed E-state index contributed by atoms with van der Waals surface area (Å²) in [6.45, 7) is 14.4. The summed E-state index contributed by atoms with van der Waals surface area (Å²) in [5, 5.41) is -0.630. The highest BCUT2D eigenvalue weighted by molar-refractivity contribution is 7.92. The first-order valence-corrected chi connectivity index (χ1v) is 19.7. The zero-order chi connectivity index (χ0) is 36.8. The monoisotopic (exact) mass is 728 g/mol. The van der Waals surface area contributed by atoms with Crippen LogP contribution in [0.15, 0.2) is 58.3 Å². The van der Waals surface area contributed by atoms with Gasteiger partial charge in [0.15, 0.2) is 19.7 Å². The fourth-order valence-electron chi connectivity index (χ4n) is 5.67. The Labute approximate surface area is 290 Å². The van der Waals surface area contributed by atoms with Crippen LogP contribution in [-0.2, 0) is 29.1 Å². The van der Waals surface area contributed by atoms with Gasteiger partial charge in [-0.2, -0.15) is 0 Å². The number of piperidine rings is 2. The van der Waals surface area contributed by atoms with Gasteiger partial charge in [0.05, 0.1) is 20.8 Å². The first kappa shape index (κ1) is 40.2. The van der Waals surface area contributed by atoms with Crippen molar-refractivity contribution in [1.29, 1.82) is 0 Å². The quantitative estimate of drug-likeness (QED) is 0.315. The van der Waals surface area contributed by atoms with Crippen molar-refractivity contribution in [3.8, 4) is 0 Å². The highest BCUT2D eigenvalue weighted by Gasteiger charge is 2.35. The Bertz CT molecular complexity index is 1650. The molecule has 2 aliphatic heterocycles. The summed E-state index contributed by atoms with van der Waals surface area (Å²) < 4.78 is 87.5. The van der Waals surface area contributed by atoms with Gasteiger partial charge in [0, 0.05) is 26.2 Å². The van der Waals surface area contributed by atoms with Crippen molar-refractivity contribution in [3.63, 3.8) is 0 Å². The molecule has 2 aromatic carbocycles. The van der Waals surface area contributed by atoms with Crippen LogP contribution in [0.5, 0.6) is 0 Å². The summed E-state index contributed by atoms with van der Waals surface area (Å²) in [5.74, 6) is -1.27. The number of hydrogen-bond acceptors (Lipinski definition) is 8. The van der Waals surface area contributed by atoms with Crippen molar-refractivity contribution in [3.05, 3.63) is 60.2 Å². The maximum Gasteiger partial charge on any atom is 0.410 e. The summed E-state index contributed by atoms with van der Waals surface area (Å²) >= 11 is 0. The second-order valence-corrected chi connectivity index (χ2v) is 19.0. The Balaban J connectivity index is 0.000000266. The first-order valence-electron chi connectivity index (χ1n) is 16.5. The largest absolute Gasteiger partial charge is 0.444 e. The van der Waals surface area contributed by atoms with E-state index < -0.39 is 47.8 Å². The van der Waals surface area contributed by atoms with Gasteiger partial charge in [-0.3, -0.25) is 0 Å². The maximum absolute atomic E-state index is 13.4. The third kappa shape index (κ3) is 12.2. The van der Waals surface area contributed by atoms with Crippen LogP contribution in [0.3, 0.4) is 0 Å². The average molecular weight is 729 g/mol. The van der Waals surface area contributed by atoms with Crippen molar-refractivity contribution in [2.24, 2.45) is 11.8 Å². The van der Waals surface area contributed by atoms with E-state index >= 15 is 0 Å². The summed E-state index contributed by atoms with van der Waals surface area (Å²) in [6, 6.07) is 10.2. The molecule has 2 aromatic rings. The Kier molecular flexibility index (Phi) is 13.3. The lowest BCUT2D eigenvalue weighted by molar-refractivity contribution is 0.0176. The van der Waals surface area contributed by atoms with Gasteiger partial charge in [0.25, 0.3) is 0 Å². The highest BCUT2D eigenvalue weighted by atomic mass is 32.2. The molecule has 2 saturated heterocycles. The topological polar surface area (TPSA) is 127 Å².